The van der Waals surface area contributed by atoms with Gasteiger partial charge in [-0.25, -0.2) is 18.7 Å². The molecule has 6 heteroatoms. The smallest absolute Gasteiger partial charge is 0.280 e. The van der Waals surface area contributed by atoms with Crippen molar-refractivity contribution < 1.29 is 8.78 Å². The highest BCUT2D eigenvalue weighted by Crippen LogP contribution is 2.24. The van der Waals surface area contributed by atoms with E-state index in [2.05, 4.69) is 40.5 Å². The van der Waals surface area contributed by atoms with Gasteiger partial charge in [0.15, 0.2) is 0 Å². The predicted molar refractivity (Wildman–Crippen MR) is 75.1 cm³/mol. The maximum Gasteiger partial charge on any atom is 0.280 e. The van der Waals surface area contributed by atoms with Crippen molar-refractivity contribution in [1.29, 1.82) is 0 Å². The molecule has 1 aliphatic rings. The van der Waals surface area contributed by atoms with Gasteiger partial charge in [-0.15, -0.1) is 0 Å². The van der Waals surface area contributed by atoms with E-state index in [1.165, 1.54) is 12.4 Å². The first kappa shape index (κ1) is 15.1. The third-order valence-electron chi connectivity index (χ3n) is 4.22. The molecule has 1 fully saturated rings. The van der Waals surface area contributed by atoms with E-state index >= 15 is 0 Å². The molecule has 0 aromatic carbocycles. The molecule has 1 aliphatic heterocycles. The summed E-state index contributed by atoms with van der Waals surface area (Å²) in [7, 11) is 0. The number of piperazine rings is 1. The average molecular weight is 284 g/mol. The summed E-state index contributed by atoms with van der Waals surface area (Å²) >= 11 is 0. The first-order valence-electron chi connectivity index (χ1n) is 7.04. The van der Waals surface area contributed by atoms with Crippen LogP contribution in [0.5, 0.6) is 0 Å². The first-order chi connectivity index (χ1) is 9.44. The Bertz CT molecular complexity index is 443. The Kier molecular flexibility index (Phi) is 4.52. The molecule has 20 heavy (non-hydrogen) atoms. The zero-order valence-electron chi connectivity index (χ0n) is 12.3. The van der Waals surface area contributed by atoms with Crippen molar-refractivity contribution >= 4 is 5.82 Å². The Hall–Kier alpha value is -1.30. The van der Waals surface area contributed by atoms with Gasteiger partial charge in [0.05, 0.1) is 0 Å². The second-order valence-corrected chi connectivity index (χ2v) is 5.74. The van der Waals surface area contributed by atoms with Crippen molar-refractivity contribution in [2.45, 2.75) is 39.2 Å². The van der Waals surface area contributed by atoms with Gasteiger partial charge in [0.2, 0.25) is 0 Å². The molecule has 0 aliphatic carbocycles. The zero-order chi connectivity index (χ0) is 14.8. The van der Waals surface area contributed by atoms with Crippen molar-refractivity contribution in [2.75, 3.05) is 31.1 Å². The molecule has 1 aromatic rings. The van der Waals surface area contributed by atoms with Gasteiger partial charge < -0.3 is 4.90 Å². The molecule has 1 saturated heterocycles. The second-order valence-electron chi connectivity index (χ2n) is 5.74. The molecule has 2 heterocycles. The van der Waals surface area contributed by atoms with E-state index in [4.69, 9.17) is 0 Å². The van der Waals surface area contributed by atoms with Crippen molar-refractivity contribution in [3.05, 3.63) is 18.1 Å². The normalized spacial score (nSPS) is 17.8. The maximum absolute atomic E-state index is 12.7. The molecular weight excluding hydrogens is 262 g/mol. The van der Waals surface area contributed by atoms with Crippen LogP contribution in [0.15, 0.2) is 12.4 Å². The average Bonchev–Trinajstić information content (AvgIpc) is 2.47. The van der Waals surface area contributed by atoms with Crippen LogP contribution in [0.4, 0.5) is 14.6 Å². The van der Waals surface area contributed by atoms with Gasteiger partial charge in [-0.05, 0) is 20.3 Å². The molecule has 0 spiro atoms. The Labute approximate surface area is 118 Å². The number of aromatic nitrogens is 2. The maximum atomic E-state index is 12.7. The number of hydrogen-bond acceptors (Lipinski definition) is 4. The summed E-state index contributed by atoms with van der Waals surface area (Å²) in [5.74, 6) is 0.601. The van der Waals surface area contributed by atoms with E-state index in [0.29, 0.717) is 5.82 Å². The molecule has 0 atom stereocenters. The van der Waals surface area contributed by atoms with Crippen molar-refractivity contribution in [3.8, 4) is 0 Å². The number of anilines is 1. The van der Waals surface area contributed by atoms with Crippen LogP contribution in [0.25, 0.3) is 0 Å². The standard InChI is InChI=1S/C14H22F2N4/c1-4-14(2,3)20-7-5-19(6-8-20)12-9-11(13(15)16)17-10-18-12/h9-10,13H,4-8H2,1-3H3. The Balaban J connectivity index is 2.02. The van der Waals surface area contributed by atoms with Gasteiger partial charge in [0.25, 0.3) is 6.43 Å². The van der Waals surface area contributed by atoms with Crippen LogP contribution in [0.1, 0.15) is 39.3 Å². The van der Waals surface area contributed by atoms with Crippen LogP contribution in [-0.2, 0) is 0 Å². The Morgan fingerprint density at radius 3 is 2.40 bits per heavy atom. The highest BCUT2D eigenvalue weighted by atomic mass is 19.3. The van der Waals surface area contributed by atoms with Crippen LogP contribution >= 0.6 is 0 Å². The number of halogens is 2. The predicted octanol–water partition coefficient (Wildman–Crippen LogP) is 2.72. The third-order valence-corrected chi connectivity index (χ3v) is 4.22. The minimum atomic E-state index is -2.54. The molecule has 112 valence electrons. The van der Waals surface area contributed by atoms with Gasteiger partial charge in [-0.3, -0.25) is 4.90 Å². The zero-order valence-corrected chi connectivity index (χ0v) is 12.3. The Morgan fingerprint density at radius 2 is 1.85 bits per heavy atom. The third kappa shape index (κ3) is 3.23. The molecule has 0 radical (unpaired) electrons. The lowest BCUT2D eigenvalue weighted by molar-refractivity contribution is 0.108. The monoisotopic (exact) mass is 284 g/mol. The van der Waals surface area contributed by atoms with E-state index in [1.807, 2.05) is 0 Å². The van der Waals surface area contributed by atoms with E-state index in [-0.39, 0.29) is 11.2 Å². The summed E-state index contributed by atoms with van der Waals surface area (Å²) in [5, 5.41) is 0. The molecule has 2 rings (SSSR count). The van der Waals surface area contributed by atoms with Crippen LogP contribution < -0.4 is 4.90 Å². The summed E-state index contributed by atoms with van der Waals surface area (Å²) in [6.45, 7) is 10.1. The molecule has 0 amide bonds. The van der Waals surface area contributed by atoms with Crippen LogP contribution in [-0.4, -0.2) is 46.6 Å². The fourth-order valence-electron chi connectivity index (χ4n) is 2.42. The van der Waals surface area contributed by atoms with E-state index in [0.717, 1.165) is 32.6 Å². The molecule has 0 unspecified atom stereocenters. The van der Waals surface area contributed by atoms with Crippen LogP contribution in [0, 0.1) is 0 Å². The highest BCUT2D eigenvalue weighted by Gasteiger charge is 2.28. The molecule has 4 nitrogen and oxygen atoms in total. The summed E-state index contributed by atoms with van der Waals surface area (Å²) in [4.78, 5) is 12.2. The number of nitrogens with zero attached hydrogens (tertiary/aromatic N) is 4. The lowest BCUT2D eigenvalue weighted by Gasteiger charge is -2.44. The lowest BCUT2D eigenvalue weighted by Crippen LogP contribution is -2.54. The fourth-order valence-corrected chi connectivity index (χ4v) is 2.42. The summed E-state index contributed by atoms with van der Waals surface area (Å²) in [6, 6.07) is 1.39. The first-order valence-corrected chi connectivity index (χ1v) is 7.04. The van der Waals surface area contributed by atoms with Crippen molar-refractivity contribution in [2.24, 2.45) is 0 Å². The van der Waals surface area contributed by atoms with Crippen LogP contribution in [0.2, 0.25) is 0 Å². The lowest BCUT2D eigenvalue weighted by atomic mass is 9.98. The van der Waals surface area contributed by atoms with E-state index < -0.39 is 6.43 Å². The van der Waals surface area contributed by atoms with Gasteiger partial charge in [0, 0.05) is 37.8 Å². The minimum Gasteiger partial charge on any atom is -0.354 e. The van der Waals surface area contributed by atoms with E-state index in [9.17, 15) is 8.78 Å². The van der Waals surface area contributed by atoms with Crippen molar-refractivity contribution in [3.63, 3.8) is 0 Å². The van der Waals surface area contributed by atoms with E-state index in [1.54, 1.807) is 0 Å². The summed E-state index contributed by atoms with van der Waals surface area (Å²) in [5.41, 5.74) is -0.0161. The molecule has 1 aromatic heterocycles. The van der Waals surface area contributed by atoms with Gasteiger partial charge in [0.1, 0.15) is 17.8 Å². The van der Waals surface area contributed by atoms with Gasteiger partial charge in [-0.1, -0.05) is 6.92 Å². The van der Waals surface area contributed by atoms with Crippen LogP contribution in [0.3, 0.4) is 0 Å². The fraction of sp³-hybridized carbons (Fsp3) is 0.714. The second kappa shape index (κ2) is 5.99. The summed E-state index contributed by atoms with van der Waals surface area (Å²) < 4.78 is 25.3. The SMILES string of the molecule is CCC(C)(C)N1CCN(c2cc(C(F)F)ncn2)CC1. The molecule has 0 bridgehead atoms. The number of hydrogen-bond donors (Lipinski definition) is 0. The quantitative estimate of drug-likeness (QED) is 0.851. The minimum absolute atomic E-state index is 0.186. The van der Waals surface area contributed by atoms with Gasteiger partial charge in [-0.2, -0.15) is 0 Å². The number of rotatable bonds is 4. The largest absolute Gasteiger partial charge is 0.354 e. The van der Waals surface area contributed by atoms with Crippen molar-refractivity contribution in [1.82, 2.24) is 14.9 Å². The molecule has 0 N–H and O–H groups in total. The topological polar surface area (TPSA) is 32.3 Å². The highest BCUT2D eigenvalue weighted by molar-refractivity contribution is 5.39. The van der Waals surface area contributed by atoms with Gasteiger partial charge >= 0.3 is 0 Å². The molecule has 0 saturated carbocycles. The number of alkyl halides is 2. The Morgan fingerprint density at radius 1 is 1.20 bits per heavy atom. The summed E-state index contributed by atoms with van der Waals surface area (Å²) in [6.07, 6.45) is -0.230. The molecular formula is C14H22F2N4.